The van der Waals surface area contributed by atoms with Crippen molar-refractivity contribution in [1.82, 2.24) is 9.97 Å². The minimum absolute atomic E-state index is 0.855. The Kier molecular flexibility index (Phi) is 6.88. The summed E-state index contributed by atoms with van der Waals surface area (Å²) in [5.74, 6) is 0.855. The van der Waals surface area contributed by atoms with E-state index in [4.69, 9.17) is 0 Å². The molecule has 0 aliphatic rings. The Morgan fingerprint density at radius 3 is 2.13 bits per heavy atom. The molecule has 2 aromatic rings. The smallest absolute Gasteiger partial charge is 0.126 e. The maximum absolute atomic E-state index is 4.30. The maximum atomic E-state index is 4.30. The van der Waals surface area contributed by atoms with Crippen LogP contribution in [-0.2, 0) is 0 Å². The van der Waals surface area contributed by atoms with Crippen molar-refractivity contribution in [2.45, 2.75) is 41.5 Å². The predicted octanol–water partition coefficient (Wildman–Crippen LogP) is 4.36. The van der Waals surface area contributed by atoms with Crippen LogP contribution in [0.3, 0.4) is 0 Å². The predicted molar refractivity (Wildman–Crippen MR) is 69.6 cm³/mol. The Balaban J connectivity index is 0.000000442. The second-order valence-electron chi connectivity index (χ2n) is 2.53. The Hall–Kier alpha value is -0.960. The van der Waals surface area contributed by atoms with Gasteiger partial charge in [-0.05, 0) is 13.8 Å². The third-order valence-electron chi connectivity index (χ3n) is 1.64. The lowest BCUT2D eigenvalue weighted by molar-refractivity contribution is 1.05. The van der Waals surface area contributed by atoms with E-state index in [2.05, 4.69) is 20.7 Å². The van der Waals surface area contributed by atoms with Gasteiger partial charge in [0, 0.05) is 21.8 Å². The molecule has 0 atom stereocenters. The fourth-order valence-corrected chi connectivity index (χ4v) is 1.95. The van der Waals surface area contributed by atoms with E-state index >= 15 is 0 Å². The highest BCUT2D eigenvalue weighted by Gasteiger charge is 2.00. The summed E-state index contributed by atoms with van der Waals surface area (Å²) in [4.78, 5) is 8.57. The number of thiophene rings is 1. The molecule has 0 bridgehead atoms. The van der Waals surface area contributed by atoms with E-state index in [1.807, 2.05) is 41.5 Å². The molecule has 0 aliphatic heterocycles. The zero-order valence-electron chi connectivity index (χ0n) is 10.5. The molecule has 2 nitrogen and oxygen atoms in total. The highest BCUT2D eigenvalue weighted by molar-refractivity contribution is 7.09. The first-order chi connectivity index (χ1) is 7.27. The third-order valence-corrected chi connectivity index (χ3v) is 2.37. The molecule has 84 valence electrons. The molecule has 3 heteroatoms. The van der Waals surface area contributed by atoms with Gasteiger partial charge in [-0.25, -0.2) is 9.97 Å². The first-order valence-electron chi connectivity index (χ1n) is 5.44. The fourth-order valence-electron chi connectivity index (χ4n) is 1.15. The third kappa shape index (κ3) is 3.59. The van der Waals surface area contributed by atoms with E-state index < -0.39 is 0 Å². The van der Waals surface area contributed by atoms with Crippen LogP contribution in [0.5, 0.6) is 0 Å². The highest BCUT2D eigenvalue weighted by atomic mass is 32.1. The lowest BCUT2D eigenvalue weighted by atomic mass is 10.3. The summed E-state index contributed by atoms with van der Waals surface area (Å²) < 4.78 is 0. The van der Waals surface area contributed by atoms with Crippen LogP contribution in [0.1, 0.15) is 39.2 Å². The summed E-state index contributed by atoms with van der Waals surface area (Å²) >= 11 is 1.67. The van der Waals surface area contributed by atoms with Gasteiger partial charge in [-0.1, -0.05) is 27.7 Å². The van der Waals surface area contributed by atoms with Crippen LogP contribution >= 0.6 is 11.3 Å². The zero-order valence-corrected chi connectivity index (χ0v) is 11.3. The monoisotopic (exact) mass is 224 g/mol. The fraction of sp³-hybridized carbons (Fsp3) is 0.500. The Morgan fingerprint density at radius 1 is 0.933 bits per heavy atom. The van der Waals surface area contributed by atoms with E-state index in [1.165, 1.54) is 5.39 Å². The van der Waals surface area contributed by atoms with Gasteiger partial charge in [0.25, 0.3) is 0 Å². The average molecular weight is 224 g/mol. The molecule has 0 radical (unpaired) electrons. The summed E-state index contributed by atoms with van der Waals surface area (Å²) in [7, 11) is 0. The molecule has 0 unspecified atom stereocenters. The molecule has 0 spiro atoms. The number of rotatable bonds is 0. The van der Waals surface area contributed by atoms with Gasteiger partial charge in [-0.15, -0.1) is 11.3 Å². The van der Waals surface area contributed by atoms with Crippen molar-refractivity contribution in [2.24, 2.45) is 0 Å². The van der Waals surface area contributed by atoms with E-state index in [0.717, 1.165) is 17.0 Å². The number of nitrogens with zero attached hydrogens (tertiary/aromatic N) is 2. The van der Waals surface area contributed by atoms with Gasteiger partial charge in [0.05, 0.1) is 5.52 Å². The van der Waals surface area contributed by atoms with Gasteiger partial charge in [-0.2, -0.15) is 0 Å². The molecule has 0 N–H and O–H groups in total. The maximum Gasteiger partial charge on any atom is 0.126 e. The molecule has 2 aromatic heterocycles. The van der Waals surface area contributed by atoms with Crippen LogP contribution in [0.2, 0.25) is 0 Å². The first-order valence-corrected chi connectivity index (χ1v) is 6.39. The first kappa shape index (κ1) is 14.0. The van der Waals surface area contributed by atoms with E-state index in [0.29, 0.717) is 0 Å². The van der Waals surface area contributed by atoms with Crippen LogP contribution in [0.25, 0.3) is 10.9 Å². The molecular formula is C12H20N2S. The molecule has 0 saturated heterocycles. The lowest BCUT2D eigenvalue weighted by Gasteiger charge is -1.95. The van der Waals surface area contributed by atoms with Gasteiger partial charge in [0.1, 0.15) is 5.82 Å². The van der Waals surface area contributed by atoms with Crippen molar-refractivity contribution in [3.8, 4) is 0 Å². The average Bonchev–Trinajstić information content (AvgIpc) is 2.72. The molecule has 15 heavy (non-hydrogen) atoms. The molecular weight excluding hydrogens is 204 g/mol. The molecule has 0 aliphatic carbocycles. The summed E-state index contributed by atoms with van der Waals surface area (Å²) in [5, 5.41) is 5.32. The summed E-state index contributed by atoms with van der Waals surface area (Å²) in [6.07, 6.45) is 0. The minimum atomic E-state index is 0.855. The number of fused-ring (bicyclic) bond motifs is 1. The second kappa shape index (κ2) is 7.35. The van der Waals surface area contributed by atoms with Crippen LogP contribution < -0.4 is 0 Å². The standard InChI is InChI=1S/C8H8N2S.2C2H6/c1-5-7-3-11-4-8(7)10-6(2)9-5;2*1-2/h3-4H,1-2H3;2*1-2H3. The normalized spacial score (nSPS) is 8.67. The lowest BCUT2D eigenvalue weighted by Crippen LogP contribution is -1.89. The van der Waals surface area contributed by atoms with Crippen LogP contribution in [0, 0.1) is 13.8 Å². The van der Waals surface area contributed by atoms with Crippen LogP contribution in [0.4, 0.5) is 0 Å². The van der Waals surface area contributed by atoms with Gasteiger partial charge in [-0.3, -0.25) is 0 Å². The minimum Gasteiger partial charge on any atom is -0.238 e. The SMILES string of the molecule is CC.CC.Cc1nc(C)c2cscc2n1. The Labute approximate surface area is 96.4 Å². The molecule has 0 aromatic carbocycles. The topological polar surface area (TPSA) is 25.8 Å². The highest BCUT2D eigenvalue weighted by Crippen LogP contribution is 2.18. The van der Waals surface area contributed by atoms with Crippen molar-refractivity contribution in [1.29, 1.82) is 0 Å². The van der Waals surface area contributed by atoms with Gasteiger partial charge < -0.3 is 0 Å². The molecule has 0 amide bonds. The van der Waals surface area contributed by atoms with E-state index in [9.17, 15) is 0 Å². The van der Waals surface area contributed by atoms with E-state index in [-0.39, 0.29) is 0 Å². The van der Waals surface area contributed by atoms with Gasteiger partial charge in [0.2, 0.25) is 0 Å². The van der Waals surface area contributed by atoms with Crippen molar-refractivity contribution >= 4 is 22.2 Å². The summed E-state index contributed by atoms with van der Waals surface area (Å²) in [6.45, 7) is 11.9. The van der Waals surface area contributed by atoms with Crippen LogP contribution in [-0.4, -0.2) is 9.97 Å². The van der Waals surface area contributed by atoms with Crippen molar-refractivity contribution in [2.75, 3.05) is 0 Å². The Bertz CT molecular complexity index is 393. The van der Waals surface area contributed by atoms with Crippen molar-refractivity contribution in [3.05, 3.63) is 22.3 Å². The van der Waals surface area contributed by atoms with Crippen molar-refractivity contribution < 1.29 is 0 Å². The molecule has 2 heterocycles. The number of aromatic nitrogens is 2. The second-order valence-corrected chi connectivity index (χ2v) is 3.27. The van der Waals surface area contributed by atoms with Gasteiger partial charge >= 0.3 is 0 Å². The number of hydrogen-bond acceptors (Lipinski definition) is 3. The summed E-state index contributed by atoms with van der Waals surface area (Å²) in [6, 6.07) is 0. The Morgan fingerprint density at radius 2 is 1.53 bits per heavy atom. The molecule has 0 saturated carbocycles. The molecule has 2 rings (SSSR count). The molecule has 0 fully saturated rings. The number of hydrogen-bond donors (Lipinski definition) is 0. The quantitative estimate of drug-likeness (QED) is 0.664. The van der Waals surface area contributed by atoms with Crippen LogP contribution in [0.15, 0.2) is 10.8 Å². The van der Waals surface area contributed by atoms with E-state index in [1.54, 1.807) is 11.3 Å². The van der Waals surface area contributed by atoms with Gasteiger partial charge in [0.15, 0.2) is 0 Å². The van der Waals surface area contributed by atoms with Crippen molar-refractivity contribution in [3.63, 3.8) is 0 Å². The number of aryl methyl sites for hydroxylation is 2. The zero-order chi connectivity index (χ0) is 11.8. The summed E-state index contributed by atoms with van der Waals surface area (Å²) in [5.41, 5.74) is 2.15. The largest absolute Gasteiger partial charge is 0.238 e.